The zero-order valence-corrected chi connectivity index (χ0v) is 6.61. The van der Waals surface area contributed by atoms with Gasteiger partial charge in [0.05, 0.1) is 6.04 Å². The maximum absolute atomic E-state index is 3.25. The van der Waals surface area contributed by atoms with Crippen molar-refractivity contribution >= 4 is 17.4 Å². The second kappa shape index (κ2) is 2.13. The molecule has 0 saturated heterocycles. The normalized spacial score (nSPS) is 21.9. The molecule has 0 unspecified atom stereocenters. The van der Waals surface area contributed by atoms with E-state index < -0.39 is 0 Å². The predicted octanol–water partition coefficient (Wildman–Crippen LogP) is 2.38. The molecular formula is C8H9NS. The van der Waals surface area contributed by atoms with Crippen LogP contribution < -0.4 is 5.32 Å². The second-order valence-electron chi connectivity index (χ2n) is 2.46. The van der Waals surface area contributed by atoms with Crippen molar-refractivity contribution in [3.05, 3.63) is 28.1 Å². The van der Waals surface area contributed by atoms with Crippen LogP contribution in [-0.2, 0) is 0 Å². The fourth-order valence-corrected chi connectivity index (χ4v) is 2.08. The number of hydrogen-bond acceptors (Lipinski definition) is 2. The zero-order chi connectivity index (χ0) is 6.97. The predicted molar refractivity (Wildman–Crippen MR) is 44.9 cm³/mol. The molecule has 0 spiro atoms. The highest BCUT2D eigenvalue weighted by atomic mass is 32.1. The van der Waals surface area contributed by atoms with E-state index >= 15 is 0 Å². The molecule has 1 aliphatic rings. The number of thiophene rings is 1. The van der Waals surface area contributed by atoms with E-state index in [1.807, 2.05) is 17.5 Å². The van der Waals surface area contributed by atoms with Crippen LogP contribution in [0.25, 0.3) is 6.08 Å². The van der Waals surface area contributed by atoms with Gasteiger partial charge in [-0.1, -0.05) is 0 Å². The Balaban J connectivity index is 2.52. The molecule has 0 fully saturated rings. The Morgan fingerprint density at radius 1 is 1.60 bits per heavy atom. The van der Waals surface area contributed by atoms with Crippen LogP contribution in [0.1, 0.15) is 23.4 Å². The lowest BCUT2D eigenvalue weighted by Crippen LogP contribution is -2.13. The van der Waals surface area contributed by atoms with Crippen LogP contribution >= 0.6 is 11.3 Å². The highest BCUT2D eigenvalue weighted by Crippen LogP contribution is 2.27. The van der Waals surface area contributed by atoms with Gasteiger partial charge in [-0.05, 0) is 36.2 Å². The van der Waals surface area contributed by atoms with Gasteiger partial charge in [0.2, 0.25) is 0 Å². The van der Waals surface area contributed by atoms with Gasteiger partial charge in [-0.15, -0.1) is 11.3 Å². The van der Waals surface area contributed by atoms with Crippen LogP contribution in [0.2, 0.25) is 0 Å². The molecule has 0 amide bonds. The minimum Gasteiger partial charge on any atom is -0.384 e. The Morgan fingerprint density at radius 3 is 3.30 bits per heavy atom. The SMILES string of the molecule is C[C@H]1NC=Cc2ccsc21. The highest BCUT2D eigenvalue weighted by Gasteiger charge is 2.11. The molecule has 1 atom stereocenters. The highest BCUT2D eigenvalue weighted by molar-refractivity contribution is 7.10. The lowest BCUT2D eigenvalue weighted by Gasteiger charge is -2.15. The van der Waals surface area contributed by atoms with Crippen LogP contribution in [0.5, 0.6) is 0 Å². The number of nitrogens with one attached hydrogen (secondary N) is 1. The third kappa shape index (κ3) is 0.762. The fraction of sp³-hybridized carbons (Fsp3) is 0.250. The minimum atomic E-state index is 0.500. The Morgan fingerprint density at radius 2 is 2.50 bits per heavy atom. The van der Waals surface area contributed by atoms with E-state index in [1.165, 1.54) is 10.4 Å². The summed E-state index contributed by atoms with van der Waals surface area (Å²) in [6.45, 7) is 2.18. The van der Waals surface area contributed by atoms with Crippen LogP contribution in [-0.4, -0.2) is 0 Å². The van der Waals surface area contributed by atoms with Crippen molar-refractivity contribution in [2.75, 3.05) is 0 Å². The molecule has 0 aliphatic carbocycles. The number of hydrogen-bond donors (Lipinski definition) is 1. The Bertz CT molecular complexity index is 262. The molecule has 0 aromatic carbocycles. The summed E-state index contributed by atoms with van der Waals surface area (Å²) in [4.78, 5) is 1.45. The summed E-state index contributed by atoms with van der Waals surface area (Å²) in [5, 5.41) is 5.39. The van der Waals surface area contributed by atoms with Gasteiger partial charge >= 0.3 is 0 Å². The summed E-state index contributed by atoms with van der Waals surface area (Å²) >= 11 is 1.82. The quantitative estimate of drug-likeness (QED) is 0.600. The maximum atomic E-state index is 3.25. The summed E-state index contributed by atoms with van der Waals surface area (Å²) < 4.78 is 0. The fourth-order valence-electron chi connectivity index (χ4n) is 1.18. The minimum absolute atomic E-state index is 0.500. The molecule has 2 heterocycles. The molecule has 1 aliphatic heterocycles. The van der Waals surface area contributed by atoms with Crippen molar-refractivity contribution < 1.29 is 0 Å². The molecule has 1 N–H and O–H groups in total. The van der Waals surface area contributed by atoms with Crippen LogP contribution in [0.15, 0.2) is 17.6 Å². The summed E-state index contributed by atoms with van der Waals surface area (Å²) in [5.74, 6) is 0. The van der Waals surface area contributed by atoms with Gasteiger partial charge in [0, 0.05) is 4.88 Å². The topological polar surface area (TPSA) is 12.0 Å². The van der Waals surface area contributed by atoms with E-state index in [0.717, 1.165) is 0 Å². The van der Waals surface area contributed by atoms with Crippen molar-refractivity contribution in [2.24, 2.45) is 0 Å². The first-order valence-electron chi connectivity index (χ1n) is 3.38. The second-order valence-corrected chi connectivity index (χ2v) is 3.41. The Kier molecular flexibility index (Phi) is 1.27. The van der Waals surface area contributed by atoms with E-state index in [2.05, 4.69) is 29.8 Å². The molecular weight excluding hydrogens is 142 g/mol. The molecule has 1 aromatic rings. The summed E-state index contributed by atoms with van der Waals surface area (Å²) in [5.41, 5.74) is 1.37. The van der Waals surface area contributed by atoms with Gasteiger partial charge in [0.1, 0.15) is 0 Å². The summed E-state index contributed by atoms with van der Waals surface area (Å²) in [7, 11) is 0. The van der Waals surface area contributed by atoms with E-state index in [4.69, 9.17) is 0 Å². The lowest BCUT2D eigenvalue weighted by atomic mass is 10.1. The summed E-state index contributed by atoms with van der Waals surface area (Å²) in [6, 6.07) is 2.66. The first kappa shape index (κ1) is 5.98. The van der Waals surface area contributed by atoms with E-state index in [9.17, 15) is 0 Å². The van der Waals surface area contributed by atoms with Crippen LogP contribution in [0.3, 0.4) is 0 Å². The maximum Gasteiger partial charge on any atom is 0.0579 e. The zero-order valence-electron chi connectivity index (χ0n) is 5.79. The number of fused-ring (bicyclic) bond motifs is 1. The number of rotatable bonds is 0. The van der Waals surface area contributed by atoms with Gasteiger partial charge in [-0.2, -0.15) is 0 Å². The van der Waals surface area contributed by atoms with Crippen molar-refractivity contribution in [2.45, 2.75) is 13.0 Å². The van der Waals surface area contributed by atoms with Crippen molar-refractivity contribution in [1.29, 1.82) is 0 Å². The van der Waals surface area contributed by atoms with Crippen LogP contribution in [0.4, 0.5) is 0 Å². The smallest absolute Gasteiger partial charge is 0.0579 e. The standard InChI is InChI=1S/C8H9NS/c1-6-8-7(2-4-9-6)3-5-10-8/h2-6,9H,1H3/t6-/m1/s1. The molecule has 2 heteroatoms. The average Bonchev–Trinajstić information content (AvgIpc) is 2.36. The third-order valence-corrected chi connectivity index (χ3v) is 2.84. The molecule has 0 radical (unpaired) electrons. The van der Waals surface area contributed by atoms with E-state index in [-0.39, 0.29) is 0 Å². The molecule has 2 rings (SSSR count). The monoisotopic (exact) mass is 151 g/mol. The van der Waals surface area contributed by atoms with Gasteiger partial charge in [-0.3, -0.25) is 0 Å². The molecule has 1 aromatic heterocycles. The average molecular weight is 151 g/mol. The van der Waals surface area contributed by atoms with Gasteiger partial charge in [0.15, 0.2) is 0 Å². The van der Waals surface area contributed by atoms with Gasteiger partial charge in [0.25, 0.3) is 0 Å². The lowest BCUT2D eigenvalue weighted by molar-refractivity contribution is 0.693. The Labute approximate surface area is 64.4 Å². The first-order valence-corrected chi connectivity index (χ1v) is 4.26. The first-order chi connectivity index (χ1) is 4.88. The third-order valence-electron chi connectivity index (χ3n) is 1.73. The molecule has 10 heavy (non-hydrogen) atoms. The Hall–Kier alpha value is -0.760. The molecule has 0 bridgehead atoms. The van der Waals surface area contributed by atoms with Gasteiger partial charge < -0.3 is 5.32 Å². The molecule has 1 nitrogen and oxygen atoms in total. The van der Waals surface area contributed by atoms with E-state index in [0.29, 0.717) is 6.04 Å². The van der Waals surface area contributed by atoms with Crippen molar-refractivity contribution in [1.82, 2.24) is 5.32 Å². The summed E-state index contributed by atoms with van der Waals surface area (Å²) in [6.07, 6.45) is 4.13. The van der Waals surface area contributed by atoms with Crippen molar-refractivity contribution in [3.63, 3.8) is 0 Å². The van der Waals surface area contributed by atoms with Crippen LogP contribution in [0, 0.1) is 0 Å². The van der Waals surface area contributed by atoms with Crippen molar-refractivity contribution in [3.8, 4) is 0 Å². The molecule has 0 saturated carbocycles. The largest absolute Gasteiger partial charge is 0.384 e. The van der Waals surface area contributed by atoms with Gasteiger partial charge in [-0.25, -0.2) is 0 Å². The molecule has 52 valence electrons. The van der Waals surface area contributed by atoms with E-state index in [1.54, 1.807) is 0 Å².